The third kappa shape index (κ3) is 8.22. The van der Waals surface area contributed by atoms with E-state index in [1.807, 2.05) is 6.92 Å². The molecule has 0 aromatic rings. The SMILES string of the molecule is CCCCOCCNC(C)C(C)O. The van der Waals surface area contributed by atoms with Crippen LogP contribution in [0.3, 0.4) is 0 Å². The average molecular weight is 189 g/mol. The summed E-state index contributed by atoms with van der Waals surface area (Å²) in [5.41, 5.74) is 0. The van der Waals surface area contributed by atoms with Crippen LogP contribution in [0, 0.1) is 0 Å². The highest BCUT2D eigenvalue weighted by molar-refractivity contribution is 4.65. The van der Waals surface area contributed by atoms with E-state index in [2.05, 4.69) is 12.2 Å². The normalized spacial score (nSPS) is 15.7. The summed E-state index contributed by atoms with van der Waals surface area (Å²) >= 11 is 0. The van der Waals surface area contributed by atoms with Crippen LogP contribution in [-0.2, 0) is 4.74 Å². The number of nitrogens with one attached hydrogen (secondary N) is 1. The van der Waals surface area contributed by atoms with Crippen molar-refractivity contribution < 1.29 is 9.84 Å². The highest BCUT2D eigenvalue weighted by atomic mass is 16.5. The lowest BCUT2D eigenvalue weighted by atomic mass is 10.2. The standard InChI is InChI=1S/C10H23NO2/c1-4-5-7-13-8-6-11-9(2)10(3)12/h9-12H,4-8H2,1-3H3. The molecular formula is C10H23NO2. The lowest BCUT2D eigenvalue weighted by molar-refractivity contribution is 0.116. The number of hydrogen-bond donors (Lipinski definition) is 2. The quantitative estimate of drug-likeness (QED) is 0.563. The molecule has 0 saturated carbocycles. The van der Waals surface area contributed by atoms with Gasteiger partial charge >= 0.3 is 0 Å². The Morgan fingerprint density at radius 2 is 2.00 bits per heavy atom. The van der Waals surface area contributed by atoms with Crippen molar-refractivity contribution in [1.29, 1.82) is 0 Å². The van der Waals surface area contributed by atoms with Crippen molar-refractivity contribution in [3.63, 3.8) is 0 Å². The van der Waals surface area contributed by atoms with Gasteiger partial charge in [0.2, 0.25) is 0 Å². The molecular weight excluding hydrogens is 166 g/mol. The largest absolute Gasteiger partial charge is 0.392 e. The molecule has 0 heterocycles. The van der Waals surface area contributed by atoms with Crippen molar-refractivity contribution in [3.05, 3.63) is 0 Å². The summed E-state index contributed by atoms with van der Waals surface area (Å²) in [6, 6.07) is 0.148. The van der Waals surface area contributed by atoms with E-state index in [1.54, 1.807) is 6.92 Å². The maximum absolute atomic E-state index is 9.16. The fourth-order valence-corrected chi connectivity index (χ4v) is 0.878. The molecule has 0 fully saturated rings. The van der Waals surface area contributed by atoms with E-state index in [0.29, 0.717) is 0 Å². The molecule has 0 spiro atoms. The van der Waals surface area contributed by atoms with Crippen molar-refractivity contribution >= 4 is 0 Å². The van der Waals surface area contributed by atoms with Crippen LogP contribution >= 0.6 is 0 Å². The Morgan fingerprint density at radius 1 is 1.31 bits per heavy atom. The second-order valence-electron chi connectivity index (χ2n) is 3.45. The molecule has 0 aromatic heterocycles. The van der Waals surface area contributed by atoms with Crippen molar-refractivity contribution in [3.8, 4) is 0 Å². The molecule has 2 unspecified atom stereocenters. The maximum atomic E-state index is 9.16. The minimum absolute atomic E-state index is 0.148. The van der Waals surface area contributed by atoms with E-state index >= 15 is 0 Å². The van der Waals surface area contributed by atoms with Gasteiger partial charge in [0.25, 0.3) is 0 Å². The van der Waals surface area contributed by atoms with E-state index in [-0.39, 0.29) is 12.1 Å². The first-order valence-corrected chi connectivity index (χ1v) is 5.17. The number of aliphatic hydroxyl groups excluding tert-OH is 1. The van der Waals surface area contributed by atoms with Crippen LogP contribution in [0.4, 0.5) is 0 Å². The summed E-state index contributed by atoms with van der Waals surface area (Å²) in [5.74, 6) is 0. The van der Waals surface area contributed by atoms with E-state index < -0.39 is 0 Å². The zero-order valence-corrected chi connectivity index (χ0v) is 9.05. The summed E-state index contributed by atoms with van der Waals surface area (Å²) in [4.78, 5) is 0. The molecule has 0 rings (SSSR count). The molecule has 13 heavy (non-hydrogen) atoms. The van der Waals surface area contributed by atoms with E-state index in [4.69, 9.17) is 9.84 Å². The van der Waals surface area contributed by atoms with Crippen molar-refractivity contribution in [2.24, 2.45) is 0 Å². The fourth-order valence-electron chi connectivity index (χ4n) is 0.878. The smallest absolute Gasteiger partial charge is 0.0662 e. The molecule has 0 bridgehead atoms. The fraction of sp³-hybridized carbons (Fsp3) is 1.00. The Labute approximate surface area is 81.5 Å². The van der Waals surface area contributed by atoms with Crippen LogP contribution < -0.4 is 5.32 Å². The highest BCUT2D eigenvalue weighted by Crippen LogP contribution is 1.90. The molecule has 2 N–H and O–H groups in total. The Balaban J connectivity index is 3.07. The first-order chi connectivity index (χ1) is 6.18. The first-order valence-electron chi connectivity index (χ1n) is 5.17. The minimum atomic E-state index is -0.296. The molecule has 80 valence electrons. The number of ether oxygens (including phenoxy) is 1. The van der Waals surface area contributed by atoms with Gasteiger partial charge in [-0.05, 0) is 20.3 Å². The Hall–Kier alpha value is -0.120. The summed E-state index contributed by atoms with van der Waals surface area (Å²) in [6.07, 6.45) is 2.01. The molecule has 2 atom stereocenters. The number of unbranched alkanes of at least 4 members (excludes halogenated alkanes) is 1. The Bertz CT molecular complexity index is 107. The second kappa shape index (κ2) is 8.48. The molecule has 0 radical (unpaired) electrons. The predicted octanol–water partition coefficient (Wildman–Crippen LogP) is 1.16. The van der Waals surface area contributed by atoms with Gasteiger partial charge in [0.05, 0.1) is 12.7 Å². The second-order valence-corrected chi connectivity index (χ2v) is 3.45. The Morgan fingerprint density at radius 3 is 2.54 bits per heavy atom. The van der Waals surface area contributed by atoms with Crippen molar-refractivity contribution in [2.45, 2.75) is 45.8 Å². The molecule has 3 nitrogen and oxygen atoms in total. The molecule has 0 amide bonds. The van der Waals surface area contributed by atoms with Gasteiger partial charge in [-0.1, -0.05) is 13.3 Å². The molecule has 0 saturated heterocycles. The van der Waals surface area contributed by atoms with Crippen LogP contribution in [0.15, 0.2) is 0 Å². The summed E-state index contributed by atoms with van der Waals surface area (Å²) in [6.45, 7) is 8.30. The molecule has 0 aliphatic heterocycles. The third-order valence-corrected chi connectivity index (χ3v) is 2.08. The van der Waals surface area contributed by atoms with E-state index in [0.717, 1.165) is 26.2 Å². The van der Waals surface area contributed by atoms with E-state index in [9.17, 15) is 0 Å². The summed E-state index contributed by atoms with van der Waals surface area (Å²) in [7, 11) is 0. The monoisotopic (exact) mass is 189 g/mol. The lowest BCUT2D eigenvalue weighted by Gasteiger charge is -2.16. The van der Waals surface area contributed by atoms with Crippen LogP contribution in [0.5, 0.6) is 0 Å². The first kappa shape index (κ1) is 12.9. The Kier molecular flexibility index (Phi) is 8.40. The zero-order valence-electron chi connectivity index (χ0n) is 9.05. The third-order valence-electron chi connectivity index (χ3n) is 2.08. The van der Waals surface area contributed by atoms with Crippen molar-refractivity contribution in [1.82, 2.24) is 5.32 Å². The summed E-state index contributed by atoms with van der Waals surface area (Å²) < 4.78 is 5.36. The summed E-state index contributed by atoms with van der Waals surface area (Å²) in [5, 5.41) is 12.3. The number of rotatable bonds is 8. The van der Waals surface area contributed by atoms with Crippen LogP contribution in [0.25, 0.3) is 0 Å². The van der Waals surface area contributed by atoms with Gasteiger partial charge in [-0.15, -0.1) is 0 Å². The van der Waals surface area contributed by atoms with Crippen LogP contribution in [0.2, 0.25) is 0 Å². The van der Waals surface area contributed by atoms with Crippen molar-refractivity contribution in [2.75, 3.05) is 19.8 Å². The van der Waals surface area contributed by atoms with E-state index in [1.165, 1.54) is 6.42 Å². The minimum Gasteiger partial charge on any atom is -0.392 e. The van der Waals surface area contributed by atoms with Gasteiger partial charge in [-0.25, -0.2) is 0 Å². The molecule has 3 heteroatoms. The number of hydrogen-bond acceptors (Lipinski definition) is 3. The van der Waals surface area contributed by atoms with Gasteiger partial charge in [-0.3, -0.25) is 0 Å². The van der Waals surface area contributed by atoms with Crippen LogP contribution in [0.1, 0.15) is 33.6 Å². The lowest BCUT2D eigenvalue weighted by Crippen LogP contribution is -2.37. The van der Waals surface area contributed by atoms with Crippen LogP contribution in [-0.4, -0.2) is 37.0 Å². The topological polar surface area (TPSA) is 41.5 Å². The average Bonchev–Trinajstić information content (AvgIpc) is 2.10. The molecule has 0 aromatic carbocycles. The molecule has 0 aliphatic carbocycles. The van der Waals surface area contributed by atoms with Gasteiger partial charge in [0.15, 0.2) is 0 Å². The van der Waals surface area contributed by atoms with Gasteiger partial charge in [-0.2, -0.15) is 0 Å². The molecule has 0 aliphatic rings. The predicted molar refractivity (Wildman–Crippen MR) is 54.9 cm³/mol. The van der Waals surface area contributed by atoms with Gasteiger partial charge < -0.3 is 15.2 Å². The number of aliphatic hydroxyl groups is 1. The zero-order chi connectivity index (χ0) is 10.1. The highest BCUT2D eigenvalue weighted by Gasteiger charge is 2.05. The van der Waals surface area contributed by atoms with Gasteiger partial charge in [0.1, 0.15) is 0 Å². The maximum Gasteiger partial charge on any atom is 0.0662 e. The van der Waals surface area contributed by atoms with Gasteiger partial charge in [0, 0.05) is 19.2 Å².